The molecule has 36 heavy (non-hydrogen) atoms. The van der Waals surface area contributed by atoms with E-state index in [-0.39, 0.29) is 23.7 Å². The fourth-order valence-electron chi connectivity index (χ4n) is 3.25. The molecule has 6 nitrogen and oxygen atoms in total. The zero-order valence-corrected chi connectivity index (χ0v) is 20.8. The molecule has 0 aromatic heterocycles. The van der Waals surface area contributed by atoms with Gasteiger partial charge >= 0.3 is 6.18 Å². The molecular weight excluding hydrogens is 517 g/mol. The van der Waals surface area contributed by atoms with E-state index < -0.39 is 39.2 Å². The minimum Gasteiger partial charge on any atom is -0.375 e. The van der Waals surface area contributed by atoms with Gasteiger partial charge in [0.25, 0.3) is 10.0 Å². The number of hydrogen-bond acceptors (Lipinski definition) is 4. The normalized spacial score (nSPS) is 11.8. The third-order valence-electron chi connectivity index (χ3n) is 5.12. The Morgan fingerprint density at radius 2 is 1.69 bits per heavy atom. The number of nitrogens with zero attached hydrogens (tertiary/aromatic N) is 1. The third-order valence-corrected chi connectivity index (χ3v) is 7.24. The van der Waals surface area contributed by atoms with E-state index in [1.807, 2.05) is 30.3 Å². The van der Waals surface area contributed by atoms with E-state index in [0.29, 0.717) is 17.0 Å². The lowest BCUT2D eigenvalue weighted by atomic mass is 10.2. The molecular formula is C25H24ClF3N2O4S. The molecule has 0 heterocycles. The quantitative estimate of drug-likeness (QED) is 0.359. The number of nitrogens with one attached hydrogen (secondary N) is 1. The molecule has 0 radical (unpaired) electrons. The highest BCUT2D eigenvalue weighted by molar-refractivity contribution is 7.92. The van der Waals surface area contributed by atoms with Gasteiger partial charge in [0.1, 0.15) is 6.54 Å². The van der Waals surface area contributed by atoms with Gasteiger partial charge in [-0.2, -0.15) is 13.2 Å². The summed E-state index contributed by atoms with van der Waals surface area (Å²) in [5, 5.41) is 1.96. The first-order chi connectivity index (χ1) is 17.0. The maximum Gasteiger partial charge on any atom is 0.417 e. The lowest BCUT2D eigenvalue weighted by Gasteiger charge is -2.25. The molecule has 0 saturated heterocycles. The van der Waals surface area contributed by atoms with Crippen LogP contribution in [0.4, 0.5) is 18.9 Å². The molecule has 0 aliphatic heterocycles. The van der Waals surface area contributed by atoms with Gasteiger partial charge in [-0.05, 0) is 42.8 Å². The first kappa shape index (κ1) is 27.5. The predicted molar refractivity (Wildman–Crippen MR) is 131 cm³/mol. The standard InChI is InChI=1S/C25H24ClF3N2O4S/c1-18-7-10-21(11-8-18)36(33,34)31(20-9-12-23(26)22(15-20)25(27,28)29)16-24(32)30-13-14-35-17-19-5-3-2-4-6-19/h2-12,15H,13-14,16-17H2,1H3,(H,30,32). The van der Waals surface area contributed by atoms with Gasteiger partial charge in [-0.15, -0.1) is 0 Å². The van der Waals surface area contributed by atoms with Gasteiger partial charge in [-0.25, -0.2) is 8.42 Å². The minimum atomic E-state index is -4.81. The van der Waals surface area contributed by atoms with Crippen LogP contribution in [0.5, 0.6) is 0 Å². The van der Waals surface area contributed by atoms with Crippen molar-refractivity contribution in [2.75, 3.05) is 24.0 Å². The van der Waals surface area contributed by atoms with Crippen LogP contribution in [0, 0.1) is 6.92 Å². The average Bonchev–Trinajstić information content (AvgIpc) is 2.83. The summed E-state index contributed by atoms with van der Waals surface area (Å²) in [6.45, 7) is 1.59. The maximum absolute atomic E-state index is 13.4. The van der Waals surface area contributed by atoms with Crippen molar-refractivity contribution in [3.8, 4) is 0 Å². The number of carbonyl (C=O) groups is 1. The van der Waals surface area contributed by atoms with Crippen molar-refractivity contribution in [1.82, 2.24) is 5.32 Å². The predicted octanol–water partition coefficient (Wildman–Crippen LogP) is 5.20. The molecule has 3 aromatic rings. The summed E-state index contributed by atoms with van der Waals surface area (Å²) >= 11 is 5.70. The Bertz CT molecular complexity index is 1280. The first-order valence-electron chi connectivity index (χ1n) is 10.8. The summed E-state index contributed by atoms with van der Waals surface area (Å²) in [6.07, 6.45) is -4.81. The van der Waals surface area contributed by atoms with Crippen molar-refractivity contribution >= 4 is 33.2 Å². The fraction of sp³-hybridized carbons (Fsp3) is 0.240. The molecule has 192 valence electrons. The highest BCUT2D eigenvalue weighted by Crippen LogP contribution is 2.38. The Labute approximate surface area is 212 Å². The molecule has 3 rings (SSSR count). The topological polar surface area (TPSA) is 75.7 Å². The molecule has 1 N–H and O–H groups in total. The number of benzene rings is 3. The summed E-state index contributed by atoms with van der Waals surface area (Å²) < 4.78 is 73.2. The van der Waals surface area contributed by atoms with Gasteiger partial charge in [0, 0.05) is 6.54 Å². The lowest BCUT2D eigenvalue weighted by Crippen LogP contribution is -2.41. The van der Waals surface area contributed by atoms with E-state index in [1.54, 1.807) is 19.1 Å². The lowest BCUT2D eigenvalue weighted by molar-refractivity contribution is -0.137. The maximum atomic E-state index is 13.4. The summed E-state index contributed by atoms with van der Waals surface area (Å²) in [5.41, 5.74) is 0.185. The van der Waals surface area contributed by atoms with Crippen LogP contribution in [0.2, 0.25) is 5.02 Å². The van der Waals surface area contributed by atoms with Crippen LogP contribution in [0.15, 0.2) is 77.7 Å². The molecule has 0 bridgehead atoms. The summed E-state index contributed by atoms with van der Waals surface area (Å²) in [6, 6.07) is 17.8. The Balaban J connectivity index is 1.78. The van der Waals surface area contributed by atoms with Crippen LogP contribution >= 0.6 is 11.6 Å². The van der Waals surface area contributed by atoms with Crippen LogP contribution in [0.25, 0.3) is 0 Å². The number of aryl methyl sites for hydroxylation is 1. The number of alkyl halides is 3. The van der Waals surface area contributed by atoms with Crippen LogP contribution in [0.3, 0.4) is 0 Å². The van der Waals surface area contributed by atoms with Gasteiger partial charge < -0.3 is 10.1 Å². The van der Waals surface area contributed by atoms with E-state index in [9.17, 15) is 26.4 Å². The Morgan fingerprint density at radius 3 is 2.33 bits per heavy atom. The second kappa shape index (κ2) is 11.8. The number of anilines is 1. The molecule has 0 aliphatic carbocycles. The number of hydrogen-bond donors (Lipinski definition) is 1. The highest BCUT2D eigenvalue weighted by atomic mass is 35.5. The van der Waals surface area contributed by atoms with E-state index in [0.717, 1.165) is 23.3 Å². The highest BCUT2D eigenvalue weighted by Gasteiger charge is 2.35. The minimum absolute atomic E-state index is 0.0819. The van der Waals surface area contributed by atoms with Gasteiger partial charge in [-0.3, -0.25) is 9.10 Å². The van der Waals surface area contributed by atoms with Gasteiger partial charge in [0.15, 0.2) is 0 Å². The number of halogens is 4. The van der Waals surface area contributed by atoms with Crippen LogP contribution in [0.1, 0.15) is 16.7 Å². The molecule has 0 spiro atoms. The molecule has 0 saturated carbocycles. The van der Waals surface area contributed by atoms with Crippen molar-refractivity contribution in [2.24, 2.45) is 0 Å². The summed E-state index contributed by atoms with van der Waals surface area (Å²) in [4.78, 5) is 12.4. The second-order valence-electron chi connectivity index (χ2n) is 7.87. The van der Waals surface area contributed by atoms with E-state index in [4.69, 9.17) is 16.3 Å². The van der Waals surface area contributed by atoms with E-state index in [2.05, 4.69) is 5.32 Å². The van der Waals surface area contributed by atoms with Gasteiger partial charge in [0.05, 0.1) is 34.4 Å². The summed E-state index contributed by atoms with van der Waals surface area (Å²) in [5.74, 6) is -0.711. The zero-order chi connectivity index (χ0) is 26.3. The molecule has 0 atom stereocenters. The number of sulfonamides is 1. The molecule has 11 heteroatoms. The van der Waals surface area contributed by atoms with Crippen molar-refractivity contribution in [1.29, 1.82) is 0 Å². The molecule has 3 aromatic carbocycles. The second-order valence-corrected chi connectivity index (χ2v) is 10.1. The largest absolute Gasteiger partial charge is 0.417 e. The van der Waals surface area contributed by atoms with Crippen molar-refractivity contribution in [3.63, 3.8) is 0 Å². The zero-order valence-electron chi connectivity index (χ0n) is 19.3. The Hall–Kier alpha value is -3.08. The van der Waals surface area contributed by atoms with Crippen LogP contribution < -0.4 is 9.62 Å². The molecule has 1 amide bonds. The Kier molecular flexibility index (Phi) is 8.99. The Morgan fingerprint density at radius 1 is 1.03 bits per heavy atom. The number of rotatable bonds is 10. The smallest absolute Gasteiger partial charge is 0.375 e. The average molecular weight is 541 g/mol. The van der Waals surface area contributed by atoms with Crippen LogP contribution in [-0.2, 0) is 32.3 Å². The fourth-order valence-corrected chi connectivity index (χ4v) is 4.89. The molecule has 0 fully saturated rings. The van der Waals surface area contributed by atoms with Gasteiger partial charge in [0.2, 0.25) is 5.91 Å². The monoisotopic (exact) mass is 540 g/mol. The van der Waals surface area contributed by atoms with E-state index in [1.165, 1.54) is 12.1 Å². The first-order valence-corrected chi connectivity index (χ1v) is 12.6. The third kappa shape index (κ3) is 7.22. The summed E-state index contributed by atoms with van der Waals surface area (Å²) in [7, 11) is -4.38. The van der Waals surface area contributed by atoms with Crippen molar-refractivity contribution in [3.05, 3.63) is 94.5 Å². The number of amides is 1. The SMILES string of the molecule is Cc1ccc(S(=O)(=O)N(CC(=O)NCCOCc2ccccc2)c2ccc(Cl)c(C(F)(F)F)c2)cc1. The molecule has 0 unspecified atom stereocenters. The van der Waals surface area contributed by atoms with Crippen LogP contribution in [-0.4, -0.2) is 34.0 Å². The van der Waals surface area contributed by atoms with E-state index >= 15 is 0 Å². The van der Waals surface area contributed by atoms with Crippen molar-refractivity contribution in [2.45, 2.75) is 24.6 Å². The number of carbonyl (C=O) groups excluding carboxylic acids is 1. The van der Waals surface area contributed by atoms with Gasteiger partial charge in [-0.1, -0.05) is 59.6 Å². The number of ether oxygens (including phenoxy) is 1. The molecule has 0 aliphatic rings. The van der Waals surface area contributed by atoms with Crippen molar-refractivity contribution < 1.29 is 31.1 Å².